The maximum Gasteiger partial charge on any atom is 0.261 e. The van der Waals surface area contributed by atoms with E-state index in [1.54, 1.807) is 34.9 Å². The molecule has 0 unspecified atom stereocenters. The van der Waals surface area contributed by atoms with Crippen molar-refractivity contribution in [2.45, 2.75) is 30.6 Å². The second kappa shape index (κ2) is 6.72. The number of nitrogens with zero attached hydrogens (tertiary/aromatic N) is 1. The summed E-state index contributed by atoms with van der Waals surface area (Å²) in [4.78, 5) is 14.4. The third kappa shape index (κ3) is 3.52. The smallest absolute Gasteiger partial charge is 0.261 e. The molecular formula is C18H20N2O3S2. The van der Waals surface area contributed by atoms with Crippen LogP contribution in [-0.4, -0.2) is 26.6 Å². The number of hydrogen-bond acceptors (Lipinski definition) is 4. The Hall–Kier alpha value is -1.99. The van der Waals surface area contributed by atoms with E-state index in [9.17, 15) is 13.2 Å². The molecule has 0 bridgehead atoms. The molecule has 1 N–H and O–H groups in total. The lowest BCUT2D eigenvalue weighted by Gasteiger charge is -2.28. The summed E-state index contributed by atoms with van der Waals surface area (Å²) in [5, 5.41) is 0. The molecule has 0 saturated carbocycles. The SMILES string of the molecule is CC(=O)N1CCSc2cc(S(=O)(=O)Nc3c(C)cccc3C)ccc21. The molecule has 1 heterocycles. The van der Waals surface area contributed by atoms with E-state index < -0.39 is 10.0 Å². The predicted octanol–water partition coefficient (Wildman–Crippen LogP) is 3.56. The molecule has 0 aliphatic carbocycles. The van der Waals surface area contributed by atoms with Crippen molar-refractivity contribution >= 4 is 39.1 Å². The third-order valence-electron chi connectivity index (χ3n) is 4.20. The summed E-state index contributed by atoms with van der Waals surface area (Å²) in [7, 11) is -3.70. The Morgan fingerprint density at radius 2 is 1.84 bits per heavy atom. The predicted molar refractivity (Wildman–Crippen MR) is 102 cm³/mol. The van der Waals surface area contributed by atoms with Gasteiger partial charge < -0.3 is 4.90 Å². The van der Waals surface area contributed by atoms with Gasteiger partial charge in [0.05, 0.1) is 16.3 Å². The van der Waals surface area contributed by atoms with Gasteiger partial charge >= 0.3 is 0 Å². The Morgan fingerprint density at radius 1 is 1.16 bits per heavy atom. The van der Waals surface area contributed by atoms with Crippen molar-refractivity contribution in [3.05, 3.63) is 47.5 Å². The average Bonchev–Trinajstić information content (AvgIpc) is 2.57. The zero-order valence-electron chi connectivity index (χ0n) is 14.4. The van der Waals surface area contributed by atoms with Crippen molar-refractivity contribution in [2.75, 3.05) is 21.9 Å². The molecule has 25 heavy (non-hydrogen) atoms. The molecule has 0 fully saturated rings. The highest BCUT2D eigenvalue weighted by atomic mass is 32.2. The molecule has 0 aromatic heterocycles. The van der Waals surface area contributed by atoms with Crippen LogP contribution in [0.4, 0.5) is 11.4 Å². The molecule has 132 valence electrons. The van der Waals surface area contributed by atoms with Crippen molar-refractivity contribution in [3.8, 4) is 0 Å². The van der Waals surface area contributed by atoms with Gasteiger partial charge in [0.25, 0.3) is 10.0 Å². The van der Waals surface area contributed by atoms with Gasteiger partial charge in [-0.1, -0.05) is 18.2 Å². The summed E-state index contributed by atoms with van der Waals surface area (Å²) in [6, 6.07) is 10.6. The summed E-state index contributed by atoms with van der Waals surface area (Å²) < 4.78 is 28.3. The van der Waals surface area contributed by atoms with Gasteiger partial charge in [-0.2, -0.15) is 0 Å². The molecule has 0 atom stereocenters. The van der Waals surface area contributed by atoms with E-state index in [1.807, 2.05) is 32.0 Å². The summed E-state index contributed by atoms with van der Waals surface area (Å²) in [5.74, 6) is 0.714. The molecule has 2 aromatic carbocycles. The minimum atomic E-state index is -3.70. The van der Waals surface area contributed by atoms with Gasteiger partial charge in [-0.15, -0.1) is 11.8 Å². The second-order valence-electron chi connectivity index (χ2n) is 6.02. The lowest BCUT2D eigenvalue weighted by Crippen LogP contribution is -2.33. The minimum absolute atomic E-state index is 0.0363. The summed E-state index contributed by atoms with van der Waals surface area (Å²) in [6.45, 7) is 5.91. The molecule has 0 saturated heterocycles. The van der Waals surface area contributed by atoms with Gasteiger partial charge in [-0.25, -0.2) is 8.42 Å². The monoisotopic (exact) mass is 376 g/mol. The number of carbonyl (C=O) groups is 1. The molecule has 2 aromatic rings. The number of aryl methyl sites for hydroxylation is 2. The van der Waals surface area contributed by atoms with E-state index in [-0.39, 0.29) is 10.8 Å². The largest absolute Gasteiger partial charge is 0.311 e. The highest BCUT2D eigenvalue weighted by molar-refractivity contribution is 7.99. The summed E-state index contributed by atoms with van der Waals surface area (Å²) >= 11 is 1.57. The highest BCUT2D eigenvalue weighted by Gasteiger charge is 2.24. The molecule has 0 radical (unpaired) electrons. The van der Waals surface area contributed by atoms with Gasteiger partial charge in [0.15, 0.2) is 0 Å². The van der Waals surface area contributed by atoms with Crippen molar-refractivity contribution in [1.82, 2.24) is 0 Å². The first kappa shape index (κ1) is 17.8. The van der Waals surface area contributed by atoms with Crippen LogP contribution in [0.15, 0.2) is 46.2 Å². The van der Waals surface area contributed by atoms with Gasteiger partial charge in [0.2, 0.25) is 5.91 Å². The van der Waals surface area contributed by atoms with Crippen LogP contribution in [0.2, 0.25) is 0 Å². The van der Waals surface area contributed by atoms with E-state index in [2.05, 4.69) is 4.72 Å². The summed E-state index contributed by atoms with van der Waals surface area (Å²) in [5.41, 5.74) is 3.13. The van der Waals surface area contributed by atoms with Gasteiger partial charge in [0, 0.05) is 24.1 Å². The number of hydrogen-bond donors (Lipinski definition) is 1. The number of benzene rings is 2. The topological polar surface area (TPSA) is 66.5 Å². The Labute approximate surface area is 152 Å². The van der Waals surface area contributed by atoms with Crippen LogP contribution in [0.3, 0.4) is 0 Å². The number of nitrogens with one attached hydrogen (secondary N) is 1. The van der Waals surface area contributed by atoms with Crippen LogP contribution in [-0.2, 0) is 14.8 Å². The van der Waals surface area contributed by atoms with Crippen LogP contribution in [0, 0.1) is 13.8 Å². The average molecular weight is 377 g/mol. The fourth-order valence-electron chi connectivity index (χ4n) is 2.86. The molecular weight excluding hydrogens is 356 g/mol. The third-order valence-corrected chi connectivity index (χ3v) is 6.57. The van der Waals surface area contributed by atoms with Crippen LogP contribution in [0.5, 0.6) is 0 Å². The number of amides is 1. The zero-order valence-corrected chi connectivity index (χ0v) is 16.0. The number of anilines is 2. The quantitative estimate of drug-likeness (QED) is 0.889. The minimum Gasteiger partial charge on any atom is -0.311 e. The Morgan fingerprint density at radius 3 is 2.48 bits per heavy atom. The molecule has 3 rings (SSSR count). The first-order valence-electron chi connectivity index (χ1n) is 7.93. The standard InChI is InChI=1S/C18H20N2O3S2/c1-12-5-4-6-13(2)18(12)19-25(22,23)15-7-8-16-17(11-15)24-10-9-20(16)14(3)21/h4-8,11,19H,9-10H2,1-3H3. The number of rotatable bonds is 3. The van der Waals surface area contributed by atoms with E-state index in [4.69, 9.17) is 0 Å². The van der Waals surface area contributed by atoms with E-state index in [1.165, 1.54) is 6.92 Å². The van der Waals surface area contributed by atoms with E-state index in [0.717, 1.165) is 27.5 Å². The van der Waals surface area contributed by atoms with Gasteiger partial charge in [-0.3, -0.25) is 9.52 Å². The zero-order chi connectivity index (χ0) is 18.2. The number of carbonyl (C=O) groups excluding carboxylic acids is 1. The van der Waals surface area contributed by atoms with Crippen molar-refractivity contribution < 1.29 is 13.2 Å². The first-order valence-corrected chi connectivity index (χ1v) is 10.4. The van der Waals surface area contributed by atoms with Crippen LogP contribution >= 0.6 is 11.8 Å². The first-order chi connectivity index (χ1) is 11.8. The Kier molecular flexibility index (Phi) is 4.79. The van der Waals surface area contributed by atoms with E-state index in [0.29, 0.717) is 12.2 Å². The fraction of sp³-hybridized carbons (Fsp3) is 0.278. The lowest BCUT2D eigenvalue weighted by atomic mass is 10.1. The Bertz CT molecular complexity index is 919. The summed E-state index contributed by atoms with van der Waals surface area (Å²) in [6.07, 6.45) is 0. The number of fused-ring (bicyclic) bond motifs is 1. The highest BCUT2D eigenvalue weighted by Crippen LogP contribution is 2.37. The van der Waals surface area contributed by atoms with Crippen molar-refractivity contribution in [3.63, 3.8) is 0 Å². The fourth-order valence-corrected chi connectivity index (χ4v) is 5.20. The molecule has 1 aliphatic rings. The Balaban J connectivity index is 1.98. The normalized spacial score (nSPS) is 14.1. The van der Waals surface area contributed by atoms with Crippen LogP contribution in [0.1, 0.15) is 18.1 Å². The maximum absolute atomic E-state index is 12.8. The molecule has 0 spiro atoms. The second-order valence-corrected chi connectivity index (χ2v) is 8.84. The molecule has 7 heteroatoms. The van der Waals surface area contributed by atoms with Crippen LogP contribution in [0.25, 0.3) is 0 Å². The molecule has 1 amide bonds. The van der Waals surface area contributed by atoms with Gasteiger partial charge in [-0.05, 0) is 43.2 Å². The van der Waals surface area contributed by atoms with Crippen molar-refractivity contribution in [2.24, 2.45) is 0 Å². The number of para-hydroxylation sites is 1. The van der Waals surface area contributed by atoms with Crippen molar-refractivity contribution in [1.29, 1.82) is 0 Å². The maximum atomic E-state index is 12.8. The lowest BCUT2D eigenvalue weighted by molar-refractivity contribution is -0.116. The molecule has 5 nitrogen and oxygen atoms in total. The number of sulfonamides is 1. The number of thioether (sulfide) groups is 1. The van der Waals surface area contributed by atoms with Gasteiger partial charge in [0.1, 0.15) is 0 Å². The molecule has 1 aliphatic heterocycles. The van der Waals surface area contributed by atoms with Crippen LogP contribution < -0.4 is 9.62 Å². The van der Waals surface area contributed by atoms with E-state index >= 15 is 0 Å².